The van der Waals surface area contributed by atoms with Crippen molar-refractivity contribution < 1.29 is 22.4 Å². The van der Waals surface area contributed by atoms with Crippen LogP contribution in [0.4, 0.5) is 17.6 Å². The average Bonchev–Trinajstić information content (AvgIpc) is 2.36. The van der Waals surface area contributed by atoms with E-state index in [2.05, 4.69) is 0 Å². The quantitative estimate of drug-likeness (QED) is 0.685. The van der Waals surface area contributed by atoms with Crippen molar-refractivity contribution in [1.29, 1.82) is 0 Å². The second kappa shape index (κ2) is 6.38. The lowest BCUT2D eigenvalue weighted by atomic mass is 10.1. The lowest BCUT2D eigenvalue weighted by Gasteiger charge is -2.21. The van der Waals surface area contributed by atoms with E-state index >= 15 is 0 Å². The highest BCUT2D eigenvalue weighted by Gasteiger charge is 2.32. The Morgan fingerprint density at radius 2 is 2.00 bits per heavy atom. The molecule has 1 aromatic carbocycles. The maximum atomic E-state index is 13.6. The van der Waals surface area contributed by atoms with Gasteiger partial charge in [0, 0.05) is 19.5 Å². The fourth-order valence-corrected chi connectivity index (χ4v) is 1.73. The number of nitrogens with zero attached hydrogens (tertiary/aromatic N) is 1. The van der Waals surface area contributed by atoms with Crippen LogP contribution in [-0.4, -0.2) is 29.4 Å². The van der Waals surface area contributed by atoms with Gasteiger partial charge in [-0.15, -0.1) is 0 Å². The molecule has 1 rings (SSSR count). The molecule has 0 spiro atoms. The van der Waals surface area contributed by atoms with E-state index in [1.165, 1.54) is 7.05 Å². The fourth-order valence-electron chi connectivity index (χ4n) is 1.65. The standard InChI is InChI=1S/C13H14F4N2OS/c1-7(11(18)21)6-19(2)12(20)9-5-8(13(15,16)17)3-4-10(9)14/h3-5,7H,6H2,1-2H3,(H2,18,21). The molecule has 1 aromatic rings. The third-order valence-corrected chi connectivity index (χ3v) is 3.31. The molecular formula is C13H14F4N2OS. The monoisotopic (exact) mass is 322 g/mol. The van der Waals surface area contributed by atoms with Crippen LogP contribution in [0.25, 0.3) is 0 Å². The van der Waals surface area contributed by atoms with Crippen LogP contribution in [0.3, 0.4) is 0 Å². The number of carbonyl (C=O) groups excluding carboxylic acids is 1. The number of hydrogen-bond acceptors (Lipinski definition) is 2. The number of rotatable bonds is 4. The minimum Gasteiger partial charge on any atom is -0.393 e. The molecule has 116 valence electrons. The molecule has 1 unspecified atom stereocenters. The van der Waals surface area contributed by atoms with Gasteiger partial charge in [-0.25, -0.2) is 4.39 Å². The first kappa shape index (κ1) is 17.4. The predicted octanol–water partition coefficient (Wildman–Crippen LogP) is 2.84. The van der Waals surface area contributed by atoms with Crippen LogP contribution >= 0.6 is 12.2 Å². The van der Waals surface area contributed by atoms with Crippen LogP contribution < -0.4 is 5.73 Å². The number of benzene rings is 1. The minimum absolute atomic E-state index is 0.0872. The average molecular weight is 322 g/mol. The molecule has 3 nitrogen and oxygen atoms in total. The highest BCUT2D eigenvalue weighted by atomic mass is 32.1. The van der Waals surface area contributed by atoms with Gasteiger partial charge < -0.3 is 10.6 Å². The van der Waals surface area contributed by atoms with Crippen molar-refractivity contribution in [2.45, 2.75) is 13.1 Å². The van der Waals surface area contributed by atoms with Gasteiger partial charge in [-0.1, -0.05) is 19.1 Å². The van der Waals surface area contributed by atoms with Crippen LogP contribution in [0.2, 0.25) is 0 Å². The van der Waals surface area contributed by atoms with E-state index in [0.29, 0.717) is 18.2 Å². The topological polar surface area (TPSA) is 46.3 Å². The lowest BCUT2D eigenvalue weighted by molar-refractivity contribution is -0.137. The molecule has 0 aliphatic carbocycles. The van der Waals surface area contributed by atoms with Crippen LogP contribution in [0.1, 0.15) is 22.8 Å². The van der Waals surface area contributed by atoms with Crippen LogP contribution in [0, 0.1) is 11.7 Å². The predicted molar refractivity (Wildman–Crippen MR) is 74.3 cm³/mol. The van der Waals surface area contributed by atoms with Crippen molar-refractivity contribution in [1.82, 2.24) is 4.90 Å². The summed E-state index contributed by atoms with van der Waals surface area (Å²) in [6.45, 7) is 1.75. The molecule has 0 fully saturated rings. The summed E-state index contributed by atoms with van der Waals surface area (Å²) >= 11 is 4.75. The Kier molecular flexibility index (Phi) is 5.27. The number of carbonyl (C=O) groups is 1. The number of amides is 1. The Hall–Kier alpha value is -1.70. The Bertz CT molecular complexity index is 560. The molecule has 8 heteroatoms. The van der Waals surface area contributed by atoms with E-state index < -0.39 is 29.0 Å². The lowest BCUT2D eigenvalue weighted by Crippen LogP contribution is -2.36. The number of thiocarbonyl (C=S) groups is 1. The number of alkyl halides is 3. The molecule has 0 radical (unpaired) electrons. The first-order valence-corrected chi connectivity index (χ1v) is 6.36. The van der Waals surface area contributed by atoms with Crippen molar-refractivity contribution >= 4 is 23.1 Å². The summed E-state index contributed by atoms with van der Waals surface area (Å²) < 4.78 is 51.4. The minimum atomic E-state index is -4.65. The molecule has 2 N–H and O–H groups in total. The summed E-state index contributed by atoms with van der Waals surface area (Å²) in [7, 11) is 1.34. The Morgan fingerprint density at radius 3 is 2.48 bits per heavy atom. The van der Waals surface area contributed by atoms with E-state index in [9.17, 15) is 22.4 Å². The van der Waals surface area contributed by atoms with E-state index in [1.807, 2.05) is 0 Å². The van der Waals surface area contributed by atoms with Gasteiger partial charge in [0.05, 0.1) is 16.1 Å². The van der Waals surface area contributed by atoms with Gasteiger partial charge in [-0.05, 0) is 18.2 Å². The van der Waals surface area contributed by atoms with Crippen molar-refractivity contribution in [2.24, 2.45) is 11.7 Å². The number of nitrogens with two attached hydrogens (primary N) is 1. The van der Waals surface area contributed by atoms with Crippen molar-refractivity contribution in [3.63, 3.8) is 0 Å². The molecule has 0 aliphatic heterocycles. The van der Waals surface area contributed by atoms with Gasteiger partial charge in [0.15, 0.2) is 0 Å². The second-order valence-electron chi connectivity index (χ2n) is 4.68. The number of halogens is 4. The van der Waals surface area contributed by atoms with Gasteiger partial charge in [0.2, 0.25) is 0 Å². The highest BCUT2D eigenvalue weighted by molar-refractivity contribution is 7.80. The molecule has 0 saturated heterocycles. The summed E-state index contributed by atoms with van der Waals surface area (Å²) in [5.74, 6) is -2.20. The zero-order valence-electron chi connectivity index (χ0n) is 11.4. The fraction of sp³-hybridized carbons (Fsp3) is 0.385. The number of hydrogen-bond donors (Lipinski definition) is 1. The summed E-state index contributed by atoms with van der Waals surface area (Å²) in [6.07, 6.45) is -4.65. The van der Waals surface area contributed by atoms with Gasteiger partial charge in [-0.2, -0.15) is 13.2 Å². The summed E-state index contributed by atoms with van der Waals surface area (Å²) in [4.78, 5) is 13.3. The molecule has 1 atom stereocenters. The van der Waals surface area contributed by atoms with Gasteiger partial charge in [0.1, 0.15) is 5.82 Å². The Morgan fingerprint density at radius 1 is 1.43 bits per heavy atom. The Balaban J connectivity index is 3.04. The highest BCUT2D eigenvalue weighted by Crippen LogP contribution is 2.30. The van der Waals surface area contributed by atoms with E-state index in [1.54, 1.807) is 6.92 Å². The van der Waals surface area contributed by atoms with E-state index in [4.69, 9.17) is 18.0 Å². The summed E-state index contributed by atoms with van der Waals surface area (Å²) in [5, 5.41) is 0. The maximum Gasteiger partial charge on any atom is 0.416 e. The maximum absolute atomic E-state index is 13.6. The van der Waals surface area contributed by atoms with Crippen LogP contribution in [0.5, 0.6) is 0 Å². The third kappa shape index (κ3) is 4.38. The first-order chi connectivity index (χ1) is 9.54. The van der Waals surface area contributed by atoms with Gasteiger partial charge in [-0.3, -0.25) is 4.79 Å². The largest absolute Gasteiger partial charge is 0.416 e. The summed E-state index contributed by atoms with van der Waals surface area (Å²) in [5.41, 5.74) is 3.69. The molecule has 0 heterocycles. The smallest absolute Gasteiger partial charge is 0.393 e. The van der Waals surface area contributed by atoms with Crippen molar-refractivity contribution in [2.75, 3.05) is 13.6 Å². The van der Waals surface area contributed by atoms with Gasteiger partial charge in [0.25, 0.3) is 5.91 Å². The summed E-state index contributed by atoms with van der Waals surface area (Å²) in [6, 6.07) is 1.71. The zero-order valence-corrected chi connectivity index (χ0v) is 12.2. The molecule has 21 heavy (non-hydrogen) atoms. The van der Waals surface area contributed by atoms with Gasteiger partial charge >= 0.3 is 6.18 Å². The molecule has 1 amide bonds. The van der Waals surface area contributed by atoms with E-state index in [-0.39, 0.29) is 17.5 Å². The van der Waals surface area contributed by atoms with Crippen LogP contribution in [-0.2, 0) is 6.18 Å². The third-order valence-electron chi connectivity index (χ3n) is 2.90. The molecule has 0 bridgehead atoms. The van der Waals surface area contributed by atoms with Crippen molar-refractivity contribution in [3.8, 4) is 0 Å². The second-order valence-corrected chi connectivity index (χ2v) is 5.15. The molecular weight excluding hydrogens is 308 g/mol. The molecule has 0 aromatic heterocycles. The SMILES string of the molecule is CC(CN(C)C(=O)c1cc(C(F)(F)F)ccc1F)C(N)=S. The van der Waals surface area contributed by atoms with Crippen molar-refractivity contribution in [3.05, 3.63) is 35.1 Å². The normalized spacial score (nSPS) is 12.9. The first-order valence-electron chi connectivity index (χ1n) is 5.95. The van der Waals surface area contributed by atoms with Crippen LogP contribution in [0.15, 0.2) is 18.2 Å². The Labute approximate surface area is 124 Å². The molecule has 0 aliphatic rings. The molecule has 0 saturated carbocycles. The zero-order chi connectivity index (χ0) is 16.4. The van der Waals surface area contributed by atoms with E-state index in [0.717, 1.165) is 4.90 Å².